The van der Waals surface area contributed by atoms with E-state index in [1.807, 2.05) is 43.3 Å². The average Bonchev–Trinajstić information content (AvgIpc) is 3.09. The zero-order valence-corrected chi connectivity index (χ0v) is 14.3. The van der Waals surface area contributed by atoms with E-state index in [4.69, 9.17) is 4.74 Å². The number of nitrogens with one attached hydrogen (secondary N) is 1. The lowest BCUT2D eigenvalue weighted by Crippen LogP contribution is -2.31. The number of nitrogens with zero attached hydrogens (tertiary/aromatic N) is 1. The molecule has 1 amide bonds. The largest absolute Gasteiger partial charge is 0.497 e. The SMILES string of the molecule is COc1ccc(N2CCC(CNC(=O)c3cccc(C)c3)C2)cc1. The first kappa shape index (κ1) is 16.4. The van der Waals surface area contributed by atoms with Crippen LogP contribution in [-0.4, -0.2) is 32.7 Å². The Kier molecular flexibility index (Phi) is 5.04. The fourth-order valence-electron chi connectivity index (χ4n) is 3.15. The molecule has 3 rings (SSSR count). The van der Waals surface area contributed by atoms with Gasteiger partial charge in [0.15, 0.2) is 0 Å². The second-order valence-electron chi connectivity index (χ2n) is 6.38. The van der Waals surface area contributed by atoms with Gasteiger partial charge >= 0.3 is 0 Å². The predicted molar refractivity (Wildman–Crippen MR) is 96.8 cm³/mol. The Morgan fingerprint density at radius 3 is 2.75 bits per heavy atom. The highest BCUT2D eigenvalue weighted by atomic mass is 16.5. The number of carbonyl (C=O) groups excluding carboxylic acids is 1. The first-order valence-corrected chi connectivity index (χ1v) is 8.39. The van der Waals surface area contributed by atoms with Gasteiger partial charge in [0.2, 0.25) is 0 Å². The lowest BCUT2D eigenvalue weighted by molar-refractivity contribution is 0.0948. The zero-order chi connectivity index (χ0) is 16.9. The van der Waals surface area contributed by atoms with Gasteiger partial charge in [-0.2, -0.15) is 0 Å². The van der Waals surface area contributed by atoms with E-state index in [-0.39, 0.29) is 5.91 Å². The summed E-state index contributed by atoms with van der Waals surface area (Å²) in [6, 6.07) is 15.9. The van der Waals surface area contributed by atoms with Gasteiger partial charge in [0.1, 0.15) is 5.75 Å². The Morgan fingerprint density at radius 2 is 2.04 bits per heavy atom. The quantitative estimate of drug-likeness (QED) is 0.918. The maximum absolute atomic E-state index is 12.2. The van der Waals surface area contributed by atoms with E-state index in [9.17, 15) is 4.79 Å². The van der Waals surface area contributed by atoms with Crippen molar-refractivity contribution in [2.45, 2.75) is 13.3 Å². The molecular weight excluding hydrogens is 300 g/mol. The van der Waals surface area contributed by atoms with Crippen molar-refractivity contribution >= 4 is 11.6 Å². The molecule has 126 valence electrons. The molecule has 1 unspecified atom stereocenters. The first-order chi connectivity index (χ1) is 11.7. The van der Waals surface area contributed by atoms with Crippen molar-refractivity contribution in [3.05, 3.63) is 59.7 Å². The number of methoxy groups -OCH3 is 1. The molecular formula is C20H24N2O2. The van der Waals surface area contributed by atoms with Crippen LogP contribution in [0.5, 0.6) is 5.75 Å². The molecule has 4 heteroatoms. The zero-order valence-electron chi connectivity index (χ0n) is 14.3. The minimum Gasteiger partial charge on any atom is -0.497 e. The highest BCUT2D eigenvalue weighted by Gasteiger charge is 2.23. The first-order valence-electron chi connectivity index (χ1n) is 8.39. The van der Waals surface area contributed by atoms with Crippen molar-refractivity contribution < 1.29 is 9.53 Å². The van der Waals surface area contributed by atoms with Gasteiger partial charge in [-0.3, -0.25) is 4.79 Å². The van der Waals surface area contributed by atoms with Gasteiger partial charge in [0.05, 0.1) is 7.11 Å². The summed E-state index contributed by atoms with van der Waals surface area (Å²) in [4.78, 5) is 14.6. The number of hydrogen-bond donors (Lipinski definition) is 1. The van der Waals surface area contributed by atoms with Gasteiger partial charge < -0.3 is 15.0 Å². The van der Waals surface area contributed by atoms with Crippen LogP contribution in [0.1, 0.15) is 22.3 Å². The van der Waals surface area contributed by atoms with Crippen LogP contribution < -0.4 is 15.0 Å². The molecule has 0 aliphatic carbocycles. The second kappa shape index (κ2) is 7.39. The van der Waals surface area contributed by atoms with Crippen molar-refractivity contribution in [1.29, 1.82) is 0 Å². The van der Waals surface area contributed by atoms with E-state index in [0.717, 1.165) is 42.9 Å². The molecule has 2 aromatic carbocycles. The van der Waals surface area contributed by atoms with Crippen LogP contribution in [-0.2, 0) is 0 Å². The van der Waals surface area contributed by atoms with Gasteiger partial charge in [-0.25, -0.2) is 0 Å². The van der Waals surface area contributed by atoms with Crippen LogP contribution in [0.15, 0.2) is 48.5 Å². The van der Waals surface area contributed by atoms with E-state index in [1.165, 1.54) is 5.69 Å². The third-order valence-electron chi connectivity index (χ3n) is 4.55. The maximum Gasteiger partial charge on any atom is 0.251 e. The lowest BCUT2D eigenvalue weighted by atomic mass is 10.1. The number of amides is 1. The van der Waals surface area contributed by atoms with Crippen LogP contribution in [0, 0.1) is 12.8 Å². The van der Waals surface area contributed by atoms with Gasteiger partial charge in [0, 0.05) is 30.9 Å². The number of aryl methyl sites for hydroxylation is 1. The van der Waals surface area contributed by atoms with Crippen LogP contribution in [0.3, 0.4) is 0 Å². The van der Waals surface area contributed by atoms with E-state index in [1.54, 1.807) is 7.11 Å². The van der Waals surface area contributed by atoms with Crippen molar-refractivity contribution in [3.8, 4) is 5.75 Å². The minimum atomic E-state index is 0.0154. The number of anilines is 1. The maximum atomic E-state index is 12.2. The minimum absolute atomic E-state index is 0.0154. The number of ether oxygens (including phenoxy) is 1. The highest BCUT2D eigenvalue weighted by Crippen LogP contribution is 2.25. The van der Waals surface area contributed by atoms with Crippen molar-refractivity contribution in [2.24, 2.45) is 5.92 Å². The number of carbonyl (C=O) groups is 1. The molecule has 1 aliphatic heterocycles. The van der Waals surface area contributed by atoms with Gasteiger partial charge in [-0.15, -0.1) is 0 Å². The van der Waals surface area contributed by atoms with Crippen LogP contribution in [0.2, 0.25) is 0 Å². The summed E-state index contributed by atoms with van der Waals surface area (Å²) in [6.45, 7) is 4.72. The highest BCUT2D eigenvalue weighted by molar-refractivity contribution is 5.94. The van der Waals surface area contributed by atoms with Gasteiger partial charge in [-0.1, -0.05) is 17.7 Å². The van der Waals surface area contributed by atoms with Crippen LogP contribution in [0.25, 0.3) is 0 Å². The molecule has 1 fully saturated rings. The summed E-state index contributed by atoms with van der Waals surface area (Å²) in [5.41, 5.74) is 3.05. The van der Waals surface area contributed by atoms with Gasteiger partial charge in [-0.05, 0) is 55.7 Å². The van der Waals surface area contributed by atoms with E-state index >= 15 is 0 Å². The molecule has 1 aliphatic rings. The molecule has 0 radical (unpaired) electrons. The Bertz CT molecular complexity index is 697. The summed E-state index contributed by atoms with van der Waals surface area (Å²) >= 11 is 0. The molecule has 24 heavy (non-hydrogen) atoms. The van der Waals surface area contributed by atoms with Crippen LogP contribution >= 0.6 is 0 Å². The topological polar surface area (TPSA) is 41.6 Å². The lowest BCUT2D eigenvalue weighted by Gasteiger charge is -2.19. The van der Waals surface area contributed by atoms with E-state index in [0.29, 0.717) is 5.92 Å². The van der Waals surface area contributed by atoms with Crippen molar-refractivity contribution in [3.63, 3.8) is 0 Å². The average molecular weight is 324 g/mol. The Labute approximate surface area is 143 Å². The Balaban J connectivity index is 1.51. The Morgan fingerprint density at radius 1 is 1.25 bits per heavy atom. The van der Waals surface area contributed by atoms with Crippen molar-refractivity contribution in [2.75, 3.05) is 31.6 Å². The molecule has 4 nitrogen and oxygen atoms in total. The number of rotatable bonds is 5. The van der Waals surface area contributed by atoms with E-state index < -0.39 is 0 Å². The molecule has 1 N–H and O–H groups in total. The summed E-state index contributed by atoms with van der Waals surface area (Å²) in [7, 11) is 1.68. The monoisotopic (exact) mass is 324 g/mol. The summed E-state index contributed by atoms with van der Waals surface area (Å²) in [5, 5.41) is 3.07. The predicted octanol–water partition coefficient (Wildman–Crippen LogP) is 3.26. The Hall–Kier alpha value is -2.49. The molecule has 1 heterocycles. The summed E-state index contributed by atoms with van der Waals surface area (Å²) in [5.74, 6) is 1.38. The molecule has 0 saturated carbocycles. The molecule has 2 aromatic rings. The molecule has 0 spiro atoms. The van der Waals surface area contributed by atoms with Crippen molar-refractivity contribution in [1.82, 2.24) is 5.32 Å². The molecule has 1 saturated heterocycles. The second-order valence-corrected chi connectivity index (χ2v) is 6.38. The fourth-order valence-corrected chi connectivity index (χ4v) is 3.15. The van der Waals surface area contributed by atoms with Crippen LogP contribution in [0.4, 0.5) is 5.69 Å². The smallest absolute Gasteiger partial charge is 0.251 e. The third-order valence-corrected chi connectivity index (χ3v) is 4.55. The number of benzene rings is 2. The molecule has 0 aromatic heterocycles. The summed E-state index contributed by atoms with van der Waals surface area (Å²) < 4.78 is 5.20. The summed E-state index contributed by atoms with van der Waals surface area (Å²) in [6.07, 6.45) is 1.10. The molecule has 0 bridgehead atoms. The fraction of sp³-hybridized carbons (Fsp3) is 0.350. The van der Waals surface area contributed by atoms with E-state index in [2.05, 4.69) is 22.3 Å². The number of hydrogen-bond acceptors (Lipinski definition) is 3. The normalized spacial score (nSPS) is 16.9. The third kappa shape index (κ3) is 3.88. The van der Waals surface area contributed by atoms with Gasteiger partial charge in [0.25, 0.3) is 5.91 Å². The molecule has 1 atom stereocenters. The standard InChI is InChI=1S/C20H24N2O2/c1-15-4-3-5-17(12-15)20(23)21-13-16-10-11-22(14-16)18-6-8-19(24-2)9-7-18/h3-9,12,16H,10-11,13-14H2,1-2H3,(H,21,23).